The number of carbonyl (C=O) groups excluding carboxylic acids is 1. The van der Waals surface area contributed by atoms with E-state index < -0.39 is 9.84 Å². The molecule has 2 heterocycles. The zero-order chi connectivity index (χ0) is 23.6. The molecular formula is C24H28N3O5S+. The number of nitrogens with one attached hydrogen (secondary N) is 1. The zero-order valence-corrected chi connectivity index (χ0v) is 19.5. The number of amides is 1. The molecule has 3 aromatic rings. The highest BCUT2D eigenvalue weighted by Gasteiger charge is 2.32. The maximum Gasteiger partial charge on any atom is 0.220 e. The third-order valence-corrected chi connectivity index (χ3v) is 7.81. The molecule has 1 amide bonds. The summed E-state index contributed by atoms with van der Waals surface area (Å²) in [5.74, 6) is 0.717. The Bertz CT molecular complexity index is 1270. The van der Waals surface area contributed by atoms with Gasteiger partial charge in [0.25, 0.3) is 0 Å². The third-order valence-electron chi connectivity index (χ3n) is 6.02. The quantitative estimate of drug-likeness (QED) is 0.568. The van der Waals surface area contributed by atoms with Crippen LogP contribution in [0.5, 0.6) is 11.5 Å². The number of hydrogen-bond acceptors (Lipinski definition) is 6. The van der Waals surface area contributed by atoms with Gasteiger partial charge in [-0.2, -0.15) is 0 Å². The number of aromatic amines is 1. The zero-order valence-electron chi connectivity index (χ0n) is 18.7. The van der Waals surface area contributed by atoms with Crippen LogP contribution in [-0.4, -0.2) is 41.1 Å². The Hall–Kier alpha value is -3.33. The maximum atomic E-state index is 13.7. The minimum Gasteiger partial charge on any atom is -0.497 e. The molecular weight excluding hydrogens is 442 g/mol. The van der Waals surface area contributed by atoms with E-state index in [1.54, 1.807) is 12.1 Å². The van der Waals surface area contributed by atoms with Crippen molar-refractivity contribution in [2.75, 3.05) is 31.7 Å². The average Bonchev–Trinajstić information content (AvgIpc) is 2.83. The molecule has 1 aromatic heterocycles. The Morgan fingerprint density at radius 3 is 2.39 bits per heavy atom. The highest BCUT2D eigenvalue weighted by Crippen LogP contribution is 2.38. The number of sulfone groups is 1. The predicted octanol–water partition coefficient (Wildman–Crippen LogP) is 2.60. The van der Waals surface area contributed by atoms with Crippen molar-refractivity contribution in [1.82, 2.24) is 0 Å². The molecule has 8 nitrogen and oxygen atoms in total. The summed E-state index contributed by atoms with van der Waals surface area (Å²) in [5.41, 5.74) is 6.90. The van der Waals surface area contributed by atoms with Crippen LogP contribution in [-0.2, 0) is 14.6 Å². The molecule has 0 saturated carbocycles. The van der Waals surface area contributed by atoms with Gasteiger partial charge in [-0.05, 0) is 56.2 Å². The van der Waals surface area contributed by atoms with E-state index in [1.807, 2.05) is 30.0 Å². The van der Waals surface area contributed by atoms with Crippen LogP contribution in [0.4, 0.5) is 5.69 Å². The van der Waals surface area contributed by atoms with Crippen LogP contribution in [0.15, 0.2) is 58.5 Å². The van der Waals surface area contributed by atoms with Gasteiger partial charge in [0.05, 0.1) is 29.7 Å². The first-order valence-electron chi connectivity index (χ1n) is 10.9. The fraction of sp³-hybridized carbons (Fsp3) is 0.333. The van der Waals surface area contributed by atoms with Gasteiger partial charge >= 0.3 is 0 Å². The minimum atomic E-state index is -3.85. The Morgan fingerprint density at radius 1 is 1.12 bits per heavy atom. The van der Waals surface area contributed by atoms with Crippen molar-refractivity contribution in [1.29, 1.82) is 0 Å². The molecule has 1 aliphatic heterocycles. The third kappa shape index (κ3) is 4.45. The molecule has 9 heteroatoms. The molecule has 1 aliphatic rings. The van der Waals surface area contributed by atoms with Gasteiger partial charge in [-0.25, -0.2) is 13.4 Å². The number of rotatable bonds is 7. The van der Waals surface area contributed by atoms with E-state index in [2.05, 4.69) is 4.98 Å². The Kier molecular flexibility index (Phi) is 6.42. The SMILES string of the molecule is CCOc1ccc2[nH+]cc(S(=O)(=O)c3ccc(OC)cc3)c(N3CCC(C(N)=O)CC3)c2c1. The molecule has 33 heavy (non-hydrogen) atoms. The number of benzene rings is 2. The second kappa shape index (κ2) is 9.27. The van der Waals surface area contributed by atoms with E-state index in [-0.39, 0.29) is 21.6 Å². The first-order valence-corrected chi connectivity index (χ1v) is 12.4. The normalized spacial score (nSPS) is 14.9. The standard InChI is InChI=1S/C24H27N3O5S/c1-3-32-18-6-9-21-20(14-18)23(27-12-10-16(11-13-27)24(25)28)22(15-26-21)33(29,30)19-7-4-17(31-2)5-8-19/h4-9,14-16H,3,10-13H2,1-2H3,(H2,25,28)/p+1. The van der Waals surface area contributed by atoms with Crippen LogP contribution in [0.2, 0.25) is 0 Å². The lowest BCUT2D eigenvalue weighted by Gasteiger charge is -2.33. The number of nitrogens with zero attached hydrogens (tertiary/aromatic N) is 1. The molecule has 1 fully saturated rings. The van der Waals surface area contributed by atoms with Gasteiger partial charge < -0.3 is 20.1 Å². The van der Waals surface area contributed by atoms with E-state index >= 15 is 0 Å². The van der Waals surface area contributed by atoms with Crippen molar-refractivity contribution in [3.8, 4) is 11.5 Å². The highest BCUT2D eigenvalue weighted by atomic mass is 32.2. The largest absolute Gasteiger partial charge is 0.497 e. The molecule has 0 atom stereocenters. The fourth-order valence-corrected chi connectivity index (χ4v) is 5.70. The molecule has 3 N–H and O–H groups in total. The molecule has 0 unspecified atom stereocenters. The van der Waals surface area contributed by atoms with Gasteiger partial charge in [0.15, 0.2) is 11.1 Å². The number of ether oxygens (including phenoxy) is 2. The topological polar surface area (TPSA) is 113 Å². The number of aromatic nitrogens is 1. The van der Waals surface area contributed by atoms with Crippen LogP contribution in [0.3, 0.4) is 0 Å². The van der Waals surface area contributed by atoms with E-state index in [4.69, 9.17) is 15.2 Å². The summed E-state index contributed by atoms with van der Waals surface area (Å²) in [4.78, 5) is 17.2. The first-order chi connectivity index (χ1) is 15.8. The van der Waals surface area contributed by atoms with Crippen molar-refractivity contribution in [2.45, 2.75) is 29.6 Å². The molecule has 0 radical (unpaired) electrons. The van der Waals surface area contributed by atoms with E-state index in [1.165, 1.54) is 25.4 Å². The number of nitrogens with two attached hydrogens (primary N) is 1. The predicted molar refractivity (Wildman–Crippen MR) is 124 cm³/mol. The molecule has 0 bridgehead atoms. The van der Waals surface area contributed by atoms with Crippen LogP contribution < -0.4 is 25.1 Å². The lowest BCUT2D eigenvalue weighted by Crippen LogP contribution is -2.39. The van der Waals surface area contributed by atoms with Gasteiger partial charge in [-0.3, -0.25) is 4.79 Å². The number of piperidine rings is 1. The monoisotopic (exact) mass is 470 g/mol. The van der Waals surface area contributed by atoms with Gasteiger partial charge in [0.1, 0.15) is 11.5 Å². The molecule has 4 rings (SSSR count). The maximum absolute atomic E-state index is 13.7. The second-order valence-electron chi connectivity index (χ2n) is 7.98. The molecule has 1 saturated heterocycles. The van der Waals surface area contributed by atoms with Gasteiger partial charge in [0.2, 0.25) is 21.3 Å². The summed E-state index contributed by atoms with van der Waals surface area (Å²) in [5, 5.41) is 0.744. The smallest absolute Gasteiger partial charge is 0.220 e. The average molecular weight is 471 g/mol. The van der Waals surface area contributed by atoms with Crippen molar-refractivity contribution in [2.24, 2.45) is 11.7 Å². The number of primary amides is 1. The Labute approximate surface area is 193 Å². The number of H-pyrrole nitrogens is 1. The number of anilines is 1. The van der Waals surface area contributed by atoms with Crippen LogP contribution >= 0.6 is 0 Å². The van der Waals surface area contributed by atoms with Crippen LogP contribution in [0, 0.1) is 5.92 Å². The Morgan fingerprint density at radius 2 is 1.79 bits per heavy atom. The summed E-state index contributed by atoms with van der Waals surface area (Å²) in [6.45, 7) is 3.45. The molecule has 174 valence electrons. The lowest BCUT2D eigenvalue weighted by molar-refractivity contribution is -0.347. The van der Waals surface area contributed by atoms with Crippen LogP contribution in [0.1, 0.15) is 19.8 Å². The number of carbonyl (C=O) groups is 1. The first kappa shape index (κ1) is 22.8. The summed E-state index contributed by atoms with van der Waals surface area (Å²) in [6.07, 6.45) is 2.68. The van der Waals surface area contributed by atoms with Crippen molar-refractivity contribution < 1.29 is 27.7 Å². The summed E-state index contributed by atoms with van der Waals surface area (Å²) in [6, 6.07) is 11.9. The van der Waals surface area contributed by atoms with Crippen LogP contribution in [0.25, 0.3) is 10.9 Å². The fourth-order valence-electron chi connectivity index (χ4n) is 4.25. The number of hydrogen-bond donors (Lipinski definition) is 1. The number of pyridine rings is 1. The van der Waals surface area contributed by atoms with E-state index in [0.717, 1.165) is 10.9 Å². The van der Waals surface area contributed by atoms with Crippen molar-refractivity contribution >= 4 is 32.3 Å². The molecule has 0 spiro atoms. The number of methoxy groups -OCH3 is 1. The van der Waals surface area contributed by atoms with Crippen molar-refractivity contribution in [3.63, 3.8) is 0 Å². The Balaban J connectivity index is 1.88. The molecule has 2 aromatic carbocycles. The second-order valence-corrected chi connectivity index (χ2v) is 9.90. The van der Waals surface area contributed by atoms with Gasteiger partial charge in [0, 0.05) is 25.1 Å². The van der Waals surface area contributed by atoms with Gasteiger partial charge in [-0.1, -0.05) is 0 Å². The van der Waals surface area contributed by atoms with E-state index in [0.29, 0.717) is 49.7 Å². The molecule has 0 aliphatic carbocycles. The highest BCUT2D eigenvalue weighted by molar-refractivity contribution is 7.91. The summed E-state index contributed by atoms with van der Waals surface area (Å²) in [7, 11) is -2.32. The summed E-state index contributed by atoms with van der Waals surface area (Å²) >= 11 is 0. The lowest BCUT2D eigenvalue weighted by atomic mass is 9.95. The minimum absolute atomic E-state index is 0.172. The summed E-state index contributed by atoms with van der Waals surface area (Å²) < 4.78 is 38.3. The van der Waals surface area contributed by atoms with Gasteiger partial charge in [-0.15, -0.1) is 0 Å². The van der Waals surface area contributed by atoms with Crippen molar-refractivity contribution in [3.05, 3.63) is 48.7 Å². The van der Waals surface area contributed by atoms with E-state index in [9.17, 15) is 13.2 Å². The number of fused-ring (bicyclic) bond motifs is 1.